The summed E-state index contributed by atoms with van der Waals surface area (Å²) < 4.78 is 0. The van der Waals surface area contributed by atoms with Gasteiger partial charge in [-0.2, -0.15) is 4.99 Å². The Balaban J connectivity index is 2.34. The molecule has 2 aliphatic rings. The molecular weight excluding hydrogens is 102 g/mol. The normalized spacial score (nSPS) is 20.9. The summed E-state index contributed by atoms with van der Waals surface area (Å²) in [5.41, 5.74) is 0. The van der Waals surface area contributed by atoms with Gasteiger partial charge in [-0.05, 0) is 0 Å². The van der Waals surface area contributed by atoms with E-state index < -0.39 is 0 Å². The number of hydrogen-bond donors (Lipinski definition) is 0. The second-order valence-electron chi connectivity index (χ2n) is 1.83. The molecule has 2 heterocycles. The smallest absolute Gasteiger partial charge is 0.156 e. The highest BCUT2D eigenvalue weighted by molar-refractivity contribution is 5.98. The van der Waals surface area contributed by atoms with Crippen LogP contribution in [0.3, 0.4) is 0 Å². The van der Waals surface area contributed by atoms with E-state index in [-0.39, 0.29) is 0 Å². The minimum absolute atomic E-state index is 0.955. The van der Waals surface area contributed by atoms with Gasteiger partial charge in [0.05, 0.1) is 12.1 Å². The summed E-state index contributed by atoms with van der Waals surface area (Å²) in [6.07, 6.45) is 0. The Kier molecular flexibility index (Phi) is 0.460. The van der Waals surface area contributed by atoms with E-state index in [0.717, 1.165) is 12.4 Å². The van der Waals surface area contributed by atoms with Crippen LogP contribution in [0.25, 0.3) is 0 Å². The predicted molar refractivity (Wildman–Crippen MR) is 29.7 cm³/mol. The summed E-state index contributed by atoms with van der Waals surface area (Å²) in [7, 11) is 1.93. The molecule has 0 N–H and O–H groups in total. The van der Waals surface area contributed by atoms with Gasteiger partial charge in [-0.1, -0.05) is 0 Å². The zero-order valence-corrected chi connectivity index (χ0v) is 4.55. The Morgan fingerprint density at radius 2 is 2.62 bits per heavy atom. The Hall–Kier alpha value is -1.17. The molecule has 0 bridgehead atoms. The number of fused-ring (bicyclic) bond motifs is 1. The van der Waals surface area contributed by atoms with E-state index in [0.29, 0.717) is 0 Å². The minimum atomic E-state index is 0.955. The number of nitrogens with zero attached hydrogens (tertiary/aromatic N) is 3. The number of amidine groups is 1. The Morgan fingerprint density at radius 1 is 1.75 bits per heavy atom. The van der Waals surface area contributed by atoms with Crippen molar-refractivity contribution in [3.8, 4) is 12.1 Å². The first-order valence-electron chi connectivity index (χ1n) is 2.46. The molecule has 1 saturated heterocycles. The first kappa shape index (κ1) is 3.79. The van der Waals surface area contributed by atoms with Crippen LogP contribution in [0.15, 0.2) is 4.99 Å². The van der Waals surface area contributed by atoms with Gasteiger partial charge >= 0.3 is 0 Å². The Labute approximate surface area is 47.6 Å². The number of aliphatic imine (C=N–C) groups is 1. The zero-order valence-electron chi connectivity index (χ0n) is 4.55. The fourth-order valence-electron chi connectivity index (χ4n) is 0.693. The van der Waals surface area contributed by atoms with Crippen LogP contribution < -0.4 is 0 Å². The third-order valence-corrected chi connectivity index (χ3v) is 1.24. The molecule has 0 radical (unpaired) electrons. The van der Waals surface area contributed by atoms with E-state index in [2.05, 4.69) is 17.1 Å². The van der Waals surface area contributed by atoms with Crippen molar-refractivity contribution in [2.45, 2.75) is 0 Å². The summed E-state index contributed by atoms with van der Waals surface area (Å²) in [4.78, 5) is 3.89. The van der Waals surface area contributed by atoms with Crippen LogP contribution >= 0.6 is 0 Å². The van der Waals surface area contributed by atoms with E-state index in [1.807, 2.05) is 17.1 Å². The van der Waals surface area contributed by atoms with Gasteiger partial charge in [-0.3, -0.25) is 5.01 Å². The first-order valence-corrected chi connectivity index (χ1v) is 2.46. The molecule has 0 spiro atoms. The monoisotopic (exact) mass is 107 g/mol. The van der Waals surface area contributed by atoms with Crippen LogP contribution in [0.5, 0.6) is 0 Å². The molecule has 2 rings (SSSR count). The van der Waals surface area contributed by atoms with Gasteiger partial charge in [-0.15, -0.1) is 0 Å². The van der Waals surface area contributed by atoms with Crippen molar-refractivity contribution in [1.29, 1.82) is 0 Å². The maximum atomic E-state index is 3.89. The summed E-state index contributed by atoms with van der Waals surface area (Å²) in [5, 5.41) is 3.86. The van der Waals surface area contributed by atoms with Gasteiger partial charge in [0.25, 0.3) is 0 Å². The number of hydrazine groups is 1. The van der Waals surface area contributed by atoms with Crippen molar-refractivity contribution in [1.82, 2.24) is 10.0 Å². The fraction of sp³-hybridized carbons (Fsp3) is 0.400. The predicted octanol–water partition coefficient (Wildman–Crippen LogP) is -0.521. The third-order valence-electron chi connectivity index (χ3n) is 1.24. The molecule has 0 atom stereocenters. The van der Waals surface area contributed by atoms with Crippen LogP contribution in [0.4, 0.5) is 0 Å². The zero-order chi connectivity index (χ0) is 5.56. The van der Waals surface area contributed by atoms with Gasteiger partial charge in [0, 0.05) is 7.05 Å². The van der Waals surface area contributed by atoms with Gasteiger partial charge < -0.3 is 0 Å². The maximum Gasteiger partial charge on any atom is 0.156 e. The highest BCUT2D eigenvalue weighted by atomic mass is 15.7. The van der Waals surface area contributed by atoms with Crippen molar-refractivity contribution in [3.05, 3.63) is 0 Å². The minimum Gasteiger partial charge on any atom is -0.254 e. The molecule has 0 unspecified atom stereocenters. The molecule has 0 aliphatic carbocycles. The van der Waals surface area contributed by atoms with Crippen LogP contribution in [-0.4, -0.2) is 29.4 Å². The average molecular weight is 107 g/mol. The Bertz CT molecular complexity index is 207. The lowest BCUT2D eigenvalue weighted by Gasteiger charge is -2.10. The topological polar surface area (TPSA) is 18.6 Å². The molecule has 2 aliphatic heterocycles. The van der Waals surface area contributed by atoms with Crippen molar-refractivity contribution in [3.63, 3.8) is 0 Å². The SMILES string of the molecule is CN1C#CN=C2CN21. The summed E-state index contributed by atoms with van der Waals surface area (Å²) in [6, 6.07) is 5.44. The molecule has 0 amide bonds. The van der Waals surface area contributed by atoms with E-state index in [1.54, 1.807) is 0 Å². The second kappa shape index (κ2) is 0.972. The van der Waals surface area contributed by atoms with Crippen molar-refractivity contribution >= 4 is 5.84 Å². The van der Waals surface area contributed by atoms with Gasteiger partial charge in [0.1, 0.15) is 6.54 Å². The molecule has 8 heavy (non-hydrogen) atoms. The lowest BCUT2D eigenvalue weighted by atomic mass is 10.8. The Morgan fingerprint density at radius 3 is 3.25 bits per heavy atom. The molecule has 0 saturated carbocycles. The molecular formula is C5H5N3. The molecule has 40 valence electrons. The molecule has 3 heteroatoms. The average Bonchev–Trinajstić information content (AvgIpc) is 2.45. The largest absolute Gasteiger partial charge is 0.254 e. The first-order chi connectivity index (χ1) is 3.88. The summed E-state index contributed by atoms with van der Waals surface area (Å²) in [6.45, 7) is 0.955. The van der Waals surface area contributed by atoms with Gasteiger partial charge in [-0.25, -0.2) is 5.01 Å². The van der Waals surface area contributed by atoms with E-state index in [9.17, 15) is 0 Å². The third kappa shape index (κ3) is 0.322. The van der Waals surface area contributed by atoms with Crippen LogP contribution in [0.1, 0.15) is 0 Å². The second-order valence-corrected chi connectivity index (χ2v) is 1.83. The van der Waals surface area contributed by atoms with Crippen molar-refractivity contribution in [2.75, 3.05) is 13.6 Å². The van der Waals surface area contributed by atoms with Crippen LogP contribution in [0.2, 0.25) is 0 Å². The molecule has 3 nitrogen and oxygen atoms in total. The number of hydrogen-bond acceptors (Lipinski definition) is 3. The molecule has 0 aromatic rings. The van der Waals surface area contributed by atoms with Crippen LogP contribution in [-0.2, 0) is 0 Å². The van der Waals surface area contributed by atoms with Crippen molar-refractivity contribution in [2.24, 2.45) is 4.99 Å². The quantitative estimate of drug-likeness (QED) is 0.306. The van der Waals surface area contributed by atoms with E-state index >= 15 is 0 Å². The summed E-state index contributed by atoms with van der Waals surface area (Å²) in [5.74, 6) is 1.09. The van der Waals surface area contributed by atoms with Crippen LogP contribution in [0, 0.1) is 12.1 Å². The number of rotatable bonds is 0. The van der Waals surface area contributed by atoms with E-state index in [4.69, 9.17) is 0 Å². The molecule has 0 aromatic carbocycles. The van der Waals surface area contributed by atoms with Crippen molar-refractivity contribution < 1.29 is 0 Å². The highest BCUT2D eigenvalue weighted by Gasteiger charge is 2.32. The van der Waals surface area contributed by atoms with Gasteiger partial charge in [0.2, 0.25) is 0 Å². The van der Waals surface area contributed by atoms with E-state index in [1.165, 1.54) is 0 Å². The lowest BCUT2D eigenvalue weighted by molar-refractivity contribution is 0.248. The van der Waals surface area contributed by atoms with Gasteiger partial charge in [0.15, 0.2) is 5.84 Å². The standard InChI is InChI=1S/C5H5N3/c1-7-3-2-6-5-4-8(5)7/h4H2,1H3. The molecule has 0 aromatic heterocycles. The molecule has 1 fully saturated rings. The lowest BCUT2D eigenvalue weighted by Crippen LogP contribution is -2.20. The summed E-state index contributed by atoms with van der Waals surface area (Å²) >= 11 is 0. The maximum absolute atomic E-state index is 3.89. The highest BCUT2D eigenvalue weighted by Crippen LogP contribution is 2.13. The fourth-order valence-corrected chi connectivity index (χ4v) is 0.693.